The molecule has 1 aromatic heterocycles. The number of benzene rings is 1. The molecule has 0 unspecified atom stereocenters. The molecule has 0 N–H and O–H groups in total. The molecule has 0 spiro atoms. The van der Waals surface area contributed by atoms with Crippen molar-refractivity contribution in [1.82, 2.24) is 14.9 Å². The van der Waals surface area contributed by atoms with E-state index >= 15 is 0 Å². The van der Waals surface area contributed by atoms with E-state index in [9.17, 15) is 13.2 Å². The molecule has 2 saturated heterocycles. The Kier molecular flexibility index (Phi) is 8.20. The normalized spacial score (nSPS) is 18.9. The molecule has 0 saturated carbocycles. The number of hydrogen-bond acceptors (Lipinski definition) is 10. The summed E-state index contributed by atoms with van der Waals surface area (Å²) in [5.74, 6) is 1.39. The maximum absolute atomic E-state index is 12.3. The van der Waals surface area contributed by atoms with E-state index in [1.54, 1.807) is 4.90 Å². The molecule has 37 heavy (non-hydrogen) atoms. The number of piperidine rings is 1. The molecule has 0 aliphatic carbocycles. The van der Waals surface area contributed by atoms with Gasteiger partial charge in [-0.1, -0.05) is 12.1 Å². The highest BCUT2D eigenvalue weighted by molar-refractivity contribution is 7.81. The fourth-order valence-corrected chi connectivity index (χ4v) is 4.77. The molecule has 11 nitrogen and oxygen atoms in total. The molecule has 12 heteroatoms. The minimum Gasteiger partial charge on any atom is -0.474 e. The summed E-state index contributed by atoms with van der Waals surface area (Å²) in [6, 6.07) is 7.46. The lowest BCUT2D eigenvalue weighted by atomic mass is 10.0. The van der Waals surface area contributed by atoms with E-state index in [1.165, 1.54) is 6.33 Å². The molecule has 202 valence electrons. The van der Waals surface area contributed by atoms with E-state index in [1.807, 2.05) is 52.0 Å². The first-order chi connectivity index (χ1) is 17.5. The van der Waals surface area contributed by atoms with Crippen LogP contribution in [0.5, 0.6) is 17.5 Å². The van der Waals surface area contributed by atoms with Crippen LogP contribution in [-0.4, -0.2) is 67.4 Å². The largest absolute Gasteiger partial charge is 0.474 e. The zero-order valence-electron chi connectivity index (χ0n) is 21.5. The van der Waals surface area contributed by atoms with Gasteiger partial charge in [-0.2, -0.15) is 8.42 Å². The van der Waals surface area contributed by atoms with E-state index < -0.39 is 16.0 Å². The maximum Gasteiger partial charge on any atom is 0.410 e. The van der Waals surface area contributed by atoms with Crippen molar-refractivity contribution in [2.45, 2.75) is 58.7 Å². The fourth-order valence-electron chi connectivity index (χ4n) is 3.98. The number of likely N-dealkylation sites (tertiary alicyclic amines) is 1. The van der Waals surface area contributed by atoms with Gasteiger partial charge in [-0.05, 0) is 51.8 Å². The second-order valence-corrected chi connectivity index (χ2v) is 11.5. The number of aromatic nitrogens is 2. The van der Waals surface area contributed by atoms with Crippen LogP contribution in [0.1, 0.15) is 44.7 Å². The van der Waals surface area contributed by atoms with Gasteiger partial charge >= 0.3 is 16.5 Å². The molecule has 1 aromatic carbocycles. The van der Waals surface area contributed by atoms with E-state index in [0.717, 1.165) is 5.56 Å². The van der Waals surface area contributed by atoms with Crippen molar-refractivity contribution in [3.8, 4) is 17.5 Å². The van der Waals surface area contributed by atoms with Crippen LogP contribution in [0.3, 0.4) is 0 Å². The first-order valence-corrected chi connectivity index (χ1v) is 13.6. The number of carbonyl (C=O) groups excluding carboxylic acids is 1. The van der Waals surface area contributed by atoms with Crippen molar-refractivity contribution in [2.75, 3.05) is 26.3 Å². The quantitative estimate of drug-likeness (QED) is 0.539. The van der Waals surface area contributed by atoms with Gasteiger partial charge in [-0.15, -0.1) is 0 Å². The van der Waals surface area contributed by atoms with E-state index in [2.05, 4.69) is 9.97 Å². The maximum atomic E-state index is 12.3. The molecular formula is C25H33N3O8S. The highest BCUT2D eigenvalue weighted by atomic mass is 32.3. The Labute approximate surface area is 217 Å². The zero-order valence-corrected chi connectivity index (χ0v) is 22.3. The van der Waals surface area contributed by atoms with Gasteiger partial charge in [-0.3, -0.25) is 0 Å². The van der Waals surface area contributed by atoms with Crippen molar-refractivity contribution in [2.24, 2.45) is 5.92 Å². The van der Waals surface area contributed by atoms with Gasteiger partial charge in [0.05, 0.1) is 18.8 Å². The lowest BCUT2D eigenvalue weighted by Gasteiger charge is -2.33. The number of ether oxygens (including phenoxy) is 3. The summed E-state index contributed by atoms with van der Waals surface area (Å²) >= 11 is 0. The molecule has 0 radical (unpaired) electrons. The van der Waals surface area contributed by atoms with Crippen LogP contribution in [-0.2, 0) is 29.9 Å². The third kappa shape index (κ3) is 7.76. The zero-order chi connectivity index (χ0) is 26.6. The van der Waals surface area contributed by atoms with Crippen LogP contribution in [0.4, 0.5) is 4.79 Å². The highest BCUT2D eigenvalue weighted by Crippen LogP contribution is 2.30. The highest BCUT2D eigenvalue weighted by Gasteiger charge is 2.29. The standard InChI is InChI=1S/C25H33N3O8S/c1-17-22(34-20-7-5-18(6-8-20)13-19-14-32-37(30,31)33-15-19)26-16-27-23(17)35-21-9-11-28(12-10-21)24(29)36-25(2,3)4/h5-8,16,19,21H,9-15H2,1-4H3. The second-order valence-electron chi connectivity index (χ2n) is 10.2. The lowest BCUT2D eigenvalue weighted by molar-refractivity contribution is 0.0122. The summed E-state index contributed by atoms with van der Waals surface area (Å²) in [4.78, 5) is 22.5. The summed E-state index contributed by atoms with van der Waals surface area (Å²) < 4.78 is 49.5. The number of nitrogens with zero attached hydrogens (tertiary/aromatic N) is 3. The summed E-state index contributed by atoms with van der Waals surface area (Å²) in [6.45, 7) is 8.70. The Morgan fingerprint density at radius 1 is 1.05 bits per heavy atom. The van der Waals surface area contributed by atoms with Crippen LogP contribution in [0.2, 0.25) is 0 Å². The summed E-state index contributed by atoms with van der Waals surface area (Å²) in [7, 11) is -3.84. The Hall–Kier alpha value is -2.96. The Bertz CT molecular complexity index is 1180. The van der Waals surface area contributed by atoms with E-state index in [4.69, 9.17) is 22.6 Å². The molecule has 2 aliphatic heterocycles. The molecule has 2 aliphatic rings. The van der Waals surface area contributed by atoms with Gasteiger partial charge in [0.2, 0.25) is 11.8 Å². The SMILES string of the molecule is Cc1c(Oc2ccc(CC3COS(=O)(=O)OC3)cc2)ncnc1OC1CCN(C(=O)OC(C)(C)C)CC1. The molecule has 3 heterocycles. The summed E-state index contributed by atoms with van der Waals surface area (Å²) in [5.41, 5.74) is 1.16. The number of hydrogen-bond donors (Lipinski definition) is 0. The summed E-state index contributed by atoms with van der Waals surface area (Å²) in [6.07, 6.45) is 2.97. The first kappa shape index (κ1) is 27.1. The van der Waals surface area contributed by atoms with Crippen molar-refractivity contribution in [3.63, 3.8) is 0 Å². The van der Waals surface area contributed by atoms with Crippen LogP contribution in [0.15, 0.2) is 30.6 Å². The van der Waals surface area contributed by atoms with E-state index in [-0.39, 0.29) is 31.3 Å². The van der Waals surface area contributed by atoms with Crippen molar-refractivity contribution in [1.29, 1.82) is 0 Å². The minimum atomic E-state index is -3.84. The van der Waals surface area contributed by atoms with Crippen molar-refractivity contribution >= 4 is 16.5 Å². The van der Waals surface area contributed by atoms with Crippen LogP contribution < -0.4 is 9.47 Å². The average Bonchev–Trinajstić information content (AvgIpc) is 2.83. The van der Waals surface area contributed by atoms with Gasteiger partial charge in [-0.25, -0.2) is 23.1 Å². The third-order valence-corrected chi connectivity index (χ3v) is 6.77. The van der Waals surface area contributed by atoms with Crippen molar-refractivity contribution in [3.05, 3.63) is 41.7 Å². The van der Waals surface area contributed by atoms with E-state index in [0.29, 0.717) is 55.4 Å². The first-order valence-electron chi connectivity index (χ1n) is 12.2. The lowest BCUT2D eigenvalue weighted by Crippen LogP contribution is -2.44. The Balaban J connectivity index is 1.30. The Morgan fingerprint density at radius 3 is 2.30 bits per heavy atom. The minimum absolute atomic E-state index is 0.0462. The average molecular weight is 536 g/mol. The fraction of sp³-hybridized carbons (Fsp3) is 0.560. The topological polar surface area (TPSA) is 126 Å². The number of rotatable bonds is 6. The van der Waals surface area contributed by atoms with Gasteiger partial charge < -0.3 is 19.1 Å². The second kappa shape index (κ2) is 11.2. The third-order valence-electron chi connectivity index (χ3n) is 5.92. The summed E-state index contributed by atoms with van der Waals surface area (Å²) in [5, 5.41) is 0. The number of amides is 1. The molecule has 2 fully saturated rings. The molecule has 0 atom stereocenters. The molecule has 2 aromatic rings. The predicted molar refractivity (Wildman–Crippen MR) is 133 cm³/mol. The number of carbonyl (C=O) groups is 1. The molecular weight excluding hydrogens is 502 g/mol. The predicted octanol–water partition coefficient (Wildman–Crippen LogP) is 3.81. The van der Waals surface area contributed by atoms with Gasteiger partial charge in [0, 0.05) is 31.8 Å². The van der Waals surface area contributed by atoms with Gasteiger partial charge in [0.25, 0.3) is 0 Å². The molecule has 1 amide bonds. The Morgan fingerprint density at radius 2 is 1.68 bits per heavy atom. The monoisotopic (exact) mass is 535 g/mol. The van der Waals surface area contributed by atoms with Crippen LogP contribution in [0.25, 0.3) is 0 Å². The van der Waals surface area contributed by atoms with Crippen molar-refractivity contribution < 1.29 is 35.8 Å². The smallest absolute Gasteiger partial charge is 0.410 e. The van der Waals surface area contributed by atoms with Crippen LogP contribution in [0, 0.1) is 12.8 Å². The van der Waals surface area contributed by atoms with Crippen LogP contribution >= 0.6 is 0 Å². The molecule has 4 rings (SSSR count). The van der Waals surface area contributed by atoms with Gasteiger partial charge in [0.15, 0.2) is 0 Å². The molecule has 0 bridgehead atoms. The van der Waals surface area contributed by atoms with Gasteiger partial charge in [0.1, 0.15) is 23.8 Å².